The molecule has 0 amide bonds. The minimum Gasteiger partial charge on any atom is -0.348 e. The standard InChI is InChI=1S/C14H21N3O4/c1-10(2)13-12(17(18)19)9-16(15-13)11-3-5-14(6-4-11)20-7-8-21-14/h9-11H,3-8H2,1-2H3. The summed E-state index contributed by atoms with van der Waals surface area (Å²) in [5.74, 6) is -0.362. The van der Waals surface area contributed by atoms with E-state index in [2.05, 4.69) is 5.10 Å². The van der Waals surface area contributed by atoms with Crippen molar-refractivity contribution in [1.82, 2.24) is 9.78 Å². The van der Waals surface area contributed by atoms with Crippen LogP contribution in [0.15, 0.2) is 6.20 Å². The van der Waals surface area contributed by atoms with Crippen molar-refractivity contribution in [2.75, 3.05) is 13.2 Å². The van der Waals surface area contributed by atoms with Crippen LogP contribution in [0.5, 0.6) is 0 Å². The average Bonchev–Trinajstić information content (AvgIpc) is 3.07. The molecule has 0 aromatic carbocycles. The number of rotatable bonds is 3. The van der Waals surface area contributed by atoms with E-state index in [1.165, 1.54) is 0 Å². The SMILES string of the molecule is CC(C)c1nn(C2CCC3(CC2)OCCO3)cc1[N+](=O)[O-]. The van der Waals surface area contributed by atoms with Gasteiger partial charge in [-0.25, -0.2) is 0 Å². The van der Waals surface area contributed by atoms with Crippen molar-refractivity contribution >= 4 is 5.69 Å². The minimum atomic E-state index is -0.406. The largest absolute Gasteiger partial charge is 0.348 e. The maximum absolute atomic E-state index is 11.1. The van der Waals surface area contributed by atoms with E-state index in [1.807, 2.05) is 13.8 Å². The third kappa shape index (κ3) is 2.67. The molecule has 0 radical (unpaired) electrons. The first-order valence-corrected chi connectivity index (χ1v) is 7.52. The molecule has 0 N–H and O–H groups in total. The van der Waals surface area contributed by atoms with Crippen LogP contribution in [-0.4, -0.2) is 33.7 Å². The summed E-state index contributed by atoms with van der Waals surface area (Å²) in [5.41, 5.74) is 0.687. The average molecular weight is 295 g/mol. The van der Waals surface area contributed by atoms with Crippen LogP contribution in [0.1, 0.15) is 57.2 Å². The Kier molecular flexibility index (Phi) is 3.71. The van der Waals surface area contributed by atoms with Crippen LogP contribution in [0.4, 0.5) is 5.69 Å². The summed E-state index contributed by atoms with van der Waals surface area (Å²) in [6.45, 7) is 5.18. The third-order valence-electron chi connectivity index (χ3n) is 4.39. The predicted octanol–water partition coefficient (Wildman–Crippen LogP) is 2.77. The van der Waals surface area contributed by atoms with Crippen LogP contribution in [-0.2, 0) is 9.47 Å². The fourth-order valence-electron chi connectivity index (χ4n) is 3.23. The molecule has 3 rings (SSSR count). The second-order valence-corrected chi connectivity index (χ2v) is 6.13. The molecular formula is C14H21N3O4. The third-order valence-corrected chi connectivity index (χ3v) is 4.39. The monoisotopic (exact) mass is 295 g/mol. The summed E-state index contributed by atoms with van der Waals surface area (Å²) in [5, 5.41) is 15.6. The van der Waals surface area contributed by atoms with Gasteiger partial charge in [0.2, 0.25) is 0 Å². The molecule has 1 aliphatic heterocycles. The summed E-state index contributed by atoms with van der Waals surface area (Å²) >= 11 is 0. The van der Waals surface area contributed by atoms with E-state index >= 15 is 0 Å². The molecule has 1 saturated carbocycles. The lowest BCUT2D eigenvalue weighted by Crippen LogP contribution is -2.35. The maximum atomic E-state index is 11.1. The lowest BCUT2D eigenvalue weighted by molar-refractivity contribution is -0.385. The first-order chi connectivity index (χ1) is 10.0. The van der Waals surface area contributed by atoms with E-state index in [0.717, 1.165) is 25.7 Å². The molecule has 7 nitrogen and oxygen atoms in total. The number of nitro groups is 1. The molecule has 1 aliphatic carbocycles. The summed E-state index contributed by atoms with van der Waals surface area (Å²) in [7, 11) is 0. The number of hydrogen-bond donors (Lipinski definition) is 0. The molecule has 2 aliphatic rings. The molecule has 1 aromatic rings. The quantitative estimate of drug-likeness (QED) is 0.632. The predicted molar refractivity (Wildman–Crippen MR) is 75.1 cm³/mol. The first kappa shape index (κ1) is 14.5. The van der Waals surface area contributed by atoms with Crippen LogP contribution < -0.4 is 0 Å². The van der Waals surface area contributed by atoms with Gasteiger partial charge in [-0.3, -0.25) is 14.8 Å². The number of hydrogen-bond acceptors (Lipinski definition) is 5. The van der Waals surface area contributed by atoms with E-state index in [0.29, 0.717) is 18.9 Å². The molecule has 116 valence electrons. The van der Waals surface area contributed by atoms with Crippen molar-refractivity contribution in [1.29, 1.82) is 0 Å². The maximum Gasteiger partial charge on any atom is 0.310 e. The number of ether oxygens (including phenoxy) is 2. The highest BCUT2D eigenvalue weighted by Crippen LogP contribution is 2.40. The molecule has 21 heavy (non-hydrogen) atoms. The van der Waals surface area contributed by atoms with Gasteiger partial charge in [0.05, 0.1) is 24.2 Å². The zero-order valence-electron chi connectivity index (χ0n) is 12.4. The van der Waals surface area contributed by atoms with Crippen molar-refractivity contribution in [3.8, 4) is 0 Å². The number of aromatic nitrogens is 2. The van der Waals surface area contributed by atoms with Gasteiger partial charge in [0.1, 0.15) is 11.9 Å². The Hall–Kier alpha value is -1.47. The van der Waals surface area contributed by atoms with Crippen LogP contribution in [0.2, 0.25) is 0 Å². The van der Waals surface area contributed by atoms with Gasteiger partial charge in [-0.1, -0.05) is 13.8 Å². The van der Waals surface area contributed by atoms with Crippen LogP contribution >= 0.6 is 0 Å². The Morgan fingerprint density at radius 2 is 2.00 bits per heavy atom. The fourth-order valence-corrected chi connectivity index (χ4v) is 3.23. The van der Waals surface area contributed by atoms with E-state index in [9.17, 15) is 10.1 Å². The van der Waals surface area contributed by atoms with Crippen molar-refractivity contribution in [2.45, 2.75) is 57.3 Å². The van der Waals surface area contributed by atoms with E-state index in [-0.39, 0.29) is 22.6 Å². The van der Waals surface area contributed by atoms with E-state index in [1.54, 1.807) is 10.9 Å². The van der Waals surface area contributed by atoms with Gasteiger partial charge in [-0.2, -0.15) is 5.10 Å². The normalized spacial score (nSPS) is 22.2. The Bertz CT molecular complexity index is 524. The highest BCUT2D eigenvalue weighted by atomic mass is 16.7. The fraction of sp³-hybridized carbons (Fsp3) is 0.786. The lowest BCUT2D eigenvalue weighted by Gasteiger charge is -2.35. The van der Waals surface area contributed by atoms with E-state index < -0.39 is 5.79 Å². The summed E-state index contributed by atoms with van der Waals surface area (Å²) < 4.78 is 13.2. The minimum absolute atomic E-state index is 0.0445. The Morgan fingerprint density at radius 1 is 1.38 bits per heavy atom. The van der Waals surface area contributed by atoms with Crippen molar-refractivity contribution in [3.63, 3.8) is 0 Å². The van der Waals surface area contributed by atoms with Crippen molar-refractivity contribution in [2.24, 2.45) is 0 Å². The molecule has 0 atom stereocenters. The van der Waals surface area contributed by atoms with Gasteiger partial charge in [0.25, 0.3) is 0 Å². The van der Waals surface area contributed by atoms with Gasteiger partial charge in [0.15, 0.2) is 5.79 Å². The van der Waals surface area contributed by atoms with Gasteiger partial charge < -0.3 is 9.47 Å². The van der Waals surface area contributed by atoms with Crippen molar-refractivity contribution in [3.05, 3.63) is 22.0 Å². The highest BCUT2D eigenvalue weighted by molar-refractivity contribution is 5.35. The first-order valence-electron chi connectivity index (χ1n) is 7.52. The second kappa shape index (κ2) is 5.38. The Morgan fingerprint density at radius 3 is 2.48 bits per heavy atom. The Balaban J connectivity index is 1.76. The molecular weight excluding hydrogens is 274 g/mol. The summed E-state index contributed by atoms with van der Waals surface area (Å²) in [6.07, 6.45) is 4.96. The second-order valence-electron chi connectivity index (χ2n) is 6.13. The van der Waals surface area contributed by atoms with Crippen LogP contribution in [0, 0.1) is 10.1 Å². The van der Waals surface area contributed by atoms with Crippen LogP contribution in [0.3, 0.4) is 0 Å². The van der Waals surface area contributed by atoms with Crippen LogP contribution in [0.25, 0.3) is 0 Å². The zero-order valence-corrected chi connectivity index (χ0v) is 12.4. The molecule has 1 aromatic heterocycles. The molecule has 2 heterocycles. The van der Waals surface area contributed by atoms with Crippen molar-refractivity contribution < 1.29 is 14.4 Å². The summed E-state index contributed by atoms with van der Waals surface area (Å²) in [6, 6.07) is 0.189. The molecule has 1 spiro atoms. The number of nitrogens with zero attached hydrogens (tertiary/aromatic N) is 3. The molecule has 7 heteroatoms. The van der Waals surface area contributed by atoms with Gasteiger partial charge >= 0.3 is 5.69 Å². The van der Waals surface area contributed by atoms with Gasteiger partial charge in [-0.05, 0) is 12.8 Å². The smallest absolute Gasteiger partial charge is 0.310 e. The van der Waals surface area contributed by atoms with Gasteiger partial charge in [-0.15, -0.1) is 0 Å². The topological polar surface area (TPSA) is 79.4 Å². The molecule has 0 unspecified atom stereocenters. The highest BCUT2D eigenvalue weighted by Gasteiger charge is 2.41. The zero-order chi connectivity index (χ0) is 15.0. The summed E-state index contributed by atoms with van der Waals surface area (Å²) in [4.78, 5) is 10.8. The lowest BCUT2D eigenvalue weighted by atomic mass is 9.90. The van der Waals surface area contributed by atoms with E-state index in [4.69, 9.17) is 9.47 Å². The van der Waals surface area contributed by atoms with Gasteiger partial charge in [0, 0.05) is 18.8 Å². The Labute approximate surface area is 123 Å². The molecule has 2 fully saturated rings. The molecule has 0 bridgehead atoms. The molecule has 1 saturated heterocycles.